The number of carbonyl (C=O) groups excluding carboxylic acids is 1. The van der Waals surface area contributed by atoms with Crippen LogP contribution in [-0.2, 0) is 4.74 Å². The van der Waals surface area contributed by atoms with Crippen molar-refractivity contribution in [1.29, 1.82) is 0 Å². The van der Waals surface area contributed by atoms with Crippen molar-refractivity contribution in [2.24, 2.45) is 0 Å². The summed E-state index contributed by atoms with van der Waals surface area (Å²) in [6, 6.07) is 0. The Morgan fingerprint density at radius 3 is 2.46 bits per heavy atom. The van der Waals surface area contributed by atoms with Crippen LogP contribution in [0.4, 0.5) is 10.6 Å². The van der Waals surface area contributed by atoms with Crippen molar-refractivity contribution in [1.82, 2.24) is 19.3 Å². The standard InChI is InChI=1S/C16H20BrN5O4/c1-16(2,3)26-15(25)21-6-4-20(5-7-21)12-13-19-10(14(23)24)9-22(13)11(17)8-18-12/h8-9H,4-7H2,1-3H3,(H,23,24). The highest BCUT2D eigenvalue weighted by atomic mass is 79.9. The molecule has 2 aromatic heterocycles. The molecular formula is C16H20BrN5O4. The van der Waals surface area contributed by atoms with Gasteiger partial charge in [-0.05, 0) is 36.7 Å². The first-order valence-corrected chi connectivity index (χ1v) is 8.95. The maximum Gasteiger partial charge on any atom is 0.410 e. The van der Waals surface area contributed by atoms with Crippen molar-refractivity contribution >= 4 is 39.5 Å². The van der Waals surface area contributed by atoms with Gasteiger partial charge in [-0.2, -0.15) is 0 Å². The fourth-order valence-corrected chi connectivity index (χ4v) is 3.06. The summed E-state index contributed by atoms with van der Waals surface area (Å²) in [5, 5.41) is 9.18. The third-order valence-electron chi connectivity index (χ3n) is 3.88. The zero-order chi connectivity index (χ0) is 19.1. The Morgan fingerprint density at radius 1 is 1.23 bits per heavy atom. The summed E-state index contributed by atoms with van der Waals surface area (Å²) in [6.07, 6.45) is 2.72. The van der Waals surface area contributed by atoms with Gasteiger partial charge < -0.3 is 19.6 Å². The maximum atomic E-state index is 12.2. The highest BCUT2D eigenvalue weighted by Crippen LogP contribution is 2.24. The van der Waals surface area contributed by atoms with Crippen LogP contribution in [0, 0.1) is 0 Å². The number of nitrogens with zero attached hydrogens (tertiary/aromatic N) is 5. The number of halogens is 1. The number of piperazine rings is 1. The van der Waals surface area contributed by atoms with Gasteiger partial charge in [0, 0.05) is 32.4 Å². The molecule has 1 amide bonds. The van der Waals surface area contributed by atoms with Crippen LogP contribution in [0.5, 0.6) is 0 Å². The molecule has 1 saturated heterocycles. The number of rotatable bonds is 2. The summed E-state index contributed by atoms with van der Waals surface area (Å²) in [5.74, 6) is -0.508. The minimum Gasteiger partial charge on any atom is -0.476 e. The average Bonchev–Trinajstić information content (AvgIpc) is 3.00. The van der Waals surface area contributed by atoms with Crippen LogP contribution >= 0.6 is 15.9 Å². The van der Waals surface area contributed by atoms with E-state index in [9.17, 15) is 14.7 Å². The van der Waals surface area contributed by atoms with Gasteiger partial charge in [0.1, 0.15) is 10.2 Å². The molecule has 0 aliphatic carbocycles. The number of carbonyl (C=O) groups is 2. The molecule has 3 rings (SSSR count). The van der Waals surface area contributed by atoms with E-state index in [1.54, 1.807) is 15.5 Å². The first kappa shape index (κ1) is 18.4. The van der Waals surface area contributed by atoms with Crippen LogP contribution in [0.15, 0.2) is 17.0 Å². The van der Waals surface area contributed by atoms with E-state index < -0.39 is 11.6 Å². The molecule has 10 heteroatoms. The van der Waals surface area contributed by atoms with Gasteiger partial charge in [0.25, 0.3) is 0 Å². The van der Waals surface area contributed by atoms with Gasteiger partial charge in [0.2, 0.25) is 0 Å². The molecule has 0 aromatic carbocycles. The molecule has 0 radical (unpaired) electrons. The molecule has 0 atom stereocenters. The molecular weight excluding hydrogens is 406 g/mol. The Labute approximate surface area is 158 Å². The zero-order valence-electron chi connectivity index (χ0n) is 14.8. The van der Waals surface area contributed by atoms with Gasteiger partial charge in [-0.25, -0.2) is 19.6 Å². The smallest absolute Gasteiger partial charge is 0.410 e. The largest absolute Gasteiger partial charge is 0.476 e. The van der Waals surface area contributed by atoms with Crippen LogP contribution in [0.2, 0.25) is 0 Å². The number of carboxylic acids is 1. The third kappa shape index (κ3) is 3.74. The molecule has 140 valence electrons. The van der Waals surface area contributed by atoms with E-state index in [4.69, 9.17) is 4.74 Å². The Morgan fingerprint density at radius 2 is 1.88 bits per heavy atom. The lowest BCUT2D eigenvalue weighted by Gasteiger charge is -2.36. The fourth-order valence-electron chi connectivity index (χ4n) is 2.69. The molecule has 0 unspecified atom stereocenters. The second kappa shape index (κ2) is 6.75. The first-order valence-electron chi connectivity index (χ1n) is 8.15. The number of hydrogen-bond donors (Lipinski definition) is 1. The molecule has 0 bridgehead atoms. The van der Waals surface area contributed by atoms with Crippen molar-refractivity contribution < 1.29 is 19.4 Å². The van der Waals surface area contributed by atoms with Crippen LogP contribution in [0.1, 0.15) is 31.3 Å². The van der Waals surface area contributed by atoms with Gasteiger partial charge in [-0.1, -0.05) is 0 Å². The van der Waals surface area contributed by atoms with E-state index >= 15 is 0 Å². The highest BCUT2D eigenvalue weighted by Gasteiger charge is 2.28. The van der Waals surface area contributed by atoms with Gasteiger partial charge >= 0.3 is 12.1 Å². The lowest BCUT2D eigenvalue weighted by atomic mass is 10.2. The normalized spacial score (nSPS) is 15.4. The summed E-state index contributed by atoms with van der Waals surface area (Å²) >= 11 is 3.35. The third-order valence-corrected chi connectivity index (χ3v) is 4.47. The Hall–Kier alpha value is -2.36. The highest BCUT2D eigenvalue weighted by molar-refractivity contribution is 9.10. The summed E-state index contributed by atoms with van der Waals surface area (Å²) < 4.78 is 7.66. The monoisotopic (exact) mass is 425 g/mol. The number of aromatic carboxylic acids is 1. The lowest BCUT2D eigenvalue weighted by Crippen LogP contribution is -2.50. The minimum atomic E-state index is -1.10. The molecule has 1 fully saturated rings. The van der Waals surface area contributed by atoms with Gasteiger partial charge in [0.05, 0.1) is 6.20 Å². The molecule has 1 N–H and O–H groups in total. The first-order chi connectivity index (χ1) is 12.2. The van der Waals surface area contributed by atoms with Crippen molar-refractivity contribution in [3.05, 3.63) is 22.7 Å². The second-order valence-corrected chi connectivity index (χ2v) is 7.80. The van der Waals surface area contributed by atoms with E-state index in [1.165, 1.54) is 6.20 Å². The Kier molecular flexibility index (Phi) is 4.78. The van der Waals surface area contributed by atoms with Crippen molar-refractivity contribution in [2.45, 2.75) is 26.4 Å². The minimum absolute atomic E-state index is 0.0488. The Bertz CT molecular complexity index is 852. The number of carboxylic acid groups (broad SMARTS) is 1. The predicted molar refractivity (Wildman–Crippen MR) is 97.7 cm³/mol. The van der Waals surface area contributed by atoms with Gasteiger partial charge in [0.15, 0.2) is 17.2 Å². The summed E-state index contributed by atoms with van der Waals surface area (Å²) in [7, 11) is 0. The van der Waals surface area contributed by atoms with Crippen molar-refractivity contribution in [3.8, 4) is 0 Å². The van der Waals surface area contributed by atoms with Crippen molar-refractivity contribution in [3.63, 3.8) is 0 Å². The fraction of sp³-hybridized carbons (Fsp3) is 0.500. The Balaban J connectivity index is 1.78. The molecule has 9 nitrogen and oxygen atoms in total. The van der Waals surface area contributed by atoms with E-state index in [0.29, 0.717) is 42.2 Å². The average molecular weight is 426 g/mol. The van der Waals surface area contributed by atoms with Crippen LogP contribution in [0.3, 0.4) is 0 Å². The summed E-state index contributed by atoms with van der Waals surface area (Å²) in [6.45, 7) is 7.60. The molecule has 26 heavy (non-hydrogen) atoms. The van der Waals surface area contributed by atoms with E-state index in [1.807, 2.05) is 25.7 Å². The van der Waals surface area contributed by atoms with Crippen LogP contribution in [0.25, 0.3) is 5.65 Å². The molecule has 1 aliphatic rings. The number of hydrogen-bond acceptors (Lipinski definition) is 6. The molecule has 0 saturated carbocycles. The zero-order valence-corrected chi connectivity index (χ0v) is 16.4. The summed E-state index contributed by atoms with van der Waals surface area (Å²) in [4.78, 5) is 35.6. The molecule has 3 heterocycles. The second-order valence-electron chi connectivity index (χ2n) is 6.98. The lowest BCUT2D eigenvalue weighted by molar-refractivity contribution is 0.0240. The van der Waals surface area contributed by atoms with Gasteiger partial charge in [-0.3, -0.25) is 4.40 Å². The number of imidazole rings is 1. The number of ether oxygens (including phenoxy) is 1. The number of amides is 1. The van der Waals surface area contributed by atoms with E-state index in [2.05, 4.69) is 25.9 Å². The van der Waals surface area contributed by atoms with Crippen LogP contribution < -0.4 is 4.90 Å². The molecule has 1 aliphatic heterocycles. The summed E-state index contributed by atoms with van der Waals surface area (Å²) in [5.41, 5.74) is -0.119. The SMILES string of the molecule is CC(C)(C)OC(=O)N1CCN(c2ncc(Br)n3cc(C(=O)O)nc23)CC1. The van der Waals surface area contributed by atoms with Crippen LogP contribution in [-0.4, -0.2) is 68.2 Å². The molecule has 0 spiro atoms. The number of anilines is 1. The molecule has 2 aromatic rings. The number of aromatic nitrogens is 3. The van der Waals surface area contributed by atoms with E-state index in [-0.39, 0.29) is 11.8 Å². The van der Waals surface area contributed by atoms with Crippen molar-refractivity contribution in [2.75, 3.05) is 31.1 Å². The quantitative estimate of drug-likeness (QED) is 0.786. The maximum absolute atomic E-state index is 12.2. The van der Waals surface area contributed by atoms with E-state index in [0.717, 1.165) is 0 Å². The van der Waals surface area contributed by atoms with Gasteiger partial charge in [-0.15, -0.1) is 0 Å². The number of fused-ring (bicyclic) bond motifs is 1. The predicted octanol–water partition coefficient (Wildman–Crippen LogP) is 2.25. The topological polar surface area (TPSA) is 100 Å².